The number of nitrogens with zero attached hydrogens (tertiary/aromatic N) is 1. The van der Waals surface area contributed by atoms with E-state index in [2.05, 4.69) is 22.8 Å². The molecular weight excluding hydrogens is 350 g/mol. The molecular formula is C23H27N3O2. The van der Waals surface area contributed by atoms with Crippen LogP contribution in [0, 0.1) is 0 Å². The second-order valence-corrected chi connectivity index (χ2v) is 7.67. The summed E-state index contributed by atoms with van der Waals surface area (Å²) >= 11 is 0. The largest absolute Gasteiger partial charge is 0.339 e. The first-order chi connectivity index (χ1) is 13.7. The minimum atomic E-state index is -0.157. The molecule has 2 aliphatic rings. The van der Waals surface area contributed by atoms with Gasteiger partial charge in [-0.25, -0.2) is 4.79 Å². The first-order valence-corrected chi connectivity index (χ1v) is 10.2. The highest BCUT2D eigenvalue weighted by atomic mass is 16.2. The predicted octanol–water partition coefficient (Wildman–Crippen LogP) is 3.80. The normalized spacial score (nSPS) is 18.4. The van der Waals surface area contributed by atoms with Crippen molar-refractivity contribution in [3.05, 3.63) is 70.8 Å². The van der Waals surface area contributed by atoms with Gasteiger partial charge in [-0.3, -0.25) is 4.79 Å². The molecule has 2 N–H and O–H groups in total. The Morgan fingerprint density at radius 2 is 1.71 bits per heavy atom. The average molecular weight is 377 g/mol. The summed E-state index contributed by atoms with van der Waals surface area (Å²) in [6.07, 6.45) is 5.35. The lowest BCUT2D eigenvalue weighted by atomic mass is 10.1. The number of benzene rings is 2. The van der Waals surface area contributed by atoms with Gasteiger partial charge in [0.25, 0.3) is 5.91 Å². The molecule has 2 aromatic carbocycles. The fourth-order valence-corrected chi connectivity index (χ4v) is 4.14. The van der Waals surface area contributed by atoms with E-state index in [0.29, 0.717) is 6.54 Å². The number of amides is 3. The van der Waals surface area contributed by atoms with Gasteiger partial charge in [-0.1, -0.05) is 36.4 Å². The summed E-state index contributed by atoms with van der Waals surface area (Å²) in [5.41, 5.74) is 4.25. The highest BCUT2D eigenvalue weighted by Gasteiger charge is 2.23. The van der Waals surface area contributed by atoms with E-state index in [0.717, 1.165) is 49.9 Å². The summed E-state index contributed by atoms with van der Waals surface area (Å²) in [6, 6.07) is 15.8. The Morgan fingerprint density at radius 1 is 0.964 bits per heavy atom. The van der Waals surface area contributed by atoms with Crippen molar-refractivity contribution in [3.63, 3.8) is 0 Å². The second kappa shape index (κ2) is 8.46. The fourth-order valence-electron chi connectivity index (χ4n) is 4.14. The maximum absolute atomic E-state index is 12.5. The van der Waals surface area contributed by atoms with E-state index in [4.69, 9.17) is 0 Å². The second-order valence-electron chi connectivity index (χ2n) is 7.67. The highest BCUT2D eigenvalue weighted by Crippen LogP contribution is 2.30. The van der Waals surface area contributed by atoms with E-state index in [9.17, 15) is 9.59 Å². The first-order valence-electron chi connectivity index (χ1n) is 10.2. The molecule has 0 saturated carbocycles. The fraction of sp³-hybridized carbons (Fsp3) is 0.391. The molecule has 1 aliphatic heterocycles. The lowest BCUT2D eigenvalue weighted by Gasteiger charge is -2.26. The van der Waals surface area contributed by atoms with Crippen LogP contribution in [0.1, 0.15) is 58.8 Å². The Kier molecular flexibility index (Phi) is 5.60. The molecule has 3 amide bonds. The van der Waals surface area contributed by atoms with E-state index >= 15 is 0 Å². The minimum absolute atomic E-state index is 0.0840. The number of carbonyl (C=O) groups excluding carboxylic acids is 2. The summed E-state index contributed by atoms with van der Waals surface area (Å²) in [4.78, 5) is 26.7. The molecule has 2 aromatic rings. The summed E-state index contributed by atoms with van der Waals surface area (Å²) in [6.45, 7) is 2.15. The van der Waals surface area contributed by atoms with Crippen LogP contribution < -0.4 is 10.6 Å². The molecule has 5 heteroatoms. The molecule has 0 radical (unpaired) electrons. The van der Waals surface area contributed by atoms with Gasteiger partial charge >= 0.3 is 6.03 Å². The molecule has 1 atom stereocenters. The van der Waals surface area contributed by atoms with Crippen molar-refractivity contribution in [2.45, 2.75) is 44.7 Å². The maximum Gasteiger partial charge on any atom is 0.315 e. The van der Waals surface area contributed by atoms with Crippen molar-refractivity contribution in [1.82, 2.24) is 15.5 Å². The van der Waals surface area contributed by atoms with E-state index in [-0.39, 0.29) is 18.0 Å². The van der Waals surface area contributed by atoms with Crippen molar-refractivity contribution in [2.75, 3.05) is 13.1 Å². The van der Waals surface area contributed by atoms with Crippen LogP contribution in [0.4, 0.5) is 4.79 Å². The van der Waals surface area contributed by atoms with Gasteiger partial charge in [0.05, 0.1) is 6.04 Å². The third-order valence-corrected chi connectivity index (χ3v) is 5.74. The van der Waals surface area contributed by atoms with E-state index in [1.807, 2.05) is 41.3 Å². The number of nitrogens with one attached hydrogen (secondary N) is 2. The van der Waals surface area contributed by atoms with Crippen LogP contribution in [0.5, 0.6) is 0 Å². The van der Waals surface area contributed by atoms with Crippen LogP contribution in [-0.2, 0) is 13.0 Å². The van der Waals surface area contributed by atoms with Gasteiger partial charge in [-0.15, -0.1) is 0 Å². The van der Waals surface area contributed by atoms with Gasteiger partial charge in [-0.2, -0.15) is 0 Å². The monoisotopic (exact) mass is 377 g/mol. The van der Waals surface area contributed by atoms with Gasteiger partial charge < -0.3 is 15.5 Å². The number of likely N-dealkylation sites (tertiary alicyclic amines) is 1. The Morgan fingerprint density at radius 3 is 2.50 bits per heavy atom. The van der Waals surface area contributed by atoms with Crippen LogP contribution in [0.3, 0.4) is 0 Å². The molecule has 0 unspecified atom stereocenters. The zero-order valence-corrected chi connectivity index (χ0v) is 16.1. The number of piperidine rings is 1. The van der Waals surface area contributed by atoms with Crippen molar-refractivity contribution < 1.29 is 9.59 Å². The number of hydrogen-bond acceptors (Lipinski definition) is 2. The highest BCUT2D eigenvalue weighted by molar-refractivity contribution is 5.94. The molecule has 1 saturated heterocycles. The van der Waals surface area contributed by atoms with Gasteiger partial charge in [0.2, 0.25) is 0 Å². The molecule has 28 heavy (non-hydrogen) atoms. The van der Waals surface area contributed by atoms with E-state index < -0.39 is 0 Å². The van der Waals surface area contributed by atoms with Gasteiger partial charge in [-0.05, 0) is 60.9 Å². The third kappa shape index (κ3) is 4.19. The maximum atomic E-state index is 12.5. The van der Waals surface area contributed by atoms with Crippen molar-refractivity contribution >= 4 is 11.9 Å². The van der Waals surface area contributed by atoms with Crippen LogP contribution in [0.2, 0.25) is 0 Å². The Bertz CT molecular complexity index is 841. The molecule has 4 rings (SSSR count). The summed E-state index contributed by atoms with van der Waals surface area (Å²) < 4.78 is 0. The predicted molar refractivity (Wildman–Crippen MR) is 109 cm³/mol. The zero-order chi connectivity index (χ0) is 19.3. The Hall–Kier alpha value is -2.82. The molecule has 0 aromatic heterocycles. The summed E-state index contributed by atoms with van der Waals surface area (Å²) in [5.74, 6) is 0.108. The molecule has 1 heterocycles. The lowest BCUT2D eigenvalue weighted by molar-refractivity contribution is 0.0724. The number of urea groups is 1. The van der Waals surface area contributed by atoms with Crippen LogP contribution in [-0.4, -0.2) is 29.9 Å². The van der Waals surface area contributed by atoms with Crippen LogP contribution in [0.25, 0.3) is 0 Å². The average Bonchev–Trinajstić information content (AvgIpc) is 3.15. The topological polar surface area (TPSA) is 61.4 Å². The minimum Gasteiger partial charge on any atom is -0.339 e. The quantitative estimate of drug-likeness (QED) is 0.851. The Balaban J connectivity index is 1.28. The third-order valence-electron chi connectivity index (χ3n) is 5.74. The summed E-state index contributed by atoms with van der Waals surface area (Å²) in [7, 11) is 0. The molecule has 146 valence electrons. The Labute approximate surface area is 166 Å². The number of rotatable bonds is 4. The molecule has 1 fully saturated rings. The van der Waals surface area contributed by atoms with Crippen molar-refractivity contribution in [3.8, 4) is 0 Å². The number of aryl methyl sites for hydroxylation is 1. The number of carbonyl (C=O) groups is 2. The first kappa shape index (κ1) is 18.5. The molecule has 0 bridgehead atoms. The molecule has 5 nitrogen and oxygen atoms in total. The van der Waals surface area contributed by atoms with E-state index in [1.54, 1.807) is 0 Å². The molecule has 1 aliphatic carbocycles. The van der Waals surface area contributed by atoms with Crippen LogP contribution >= 0.6 is 0 Å². The van der Waals surface area contributed by atoms with Crippen molar-refractivity contribution in [2.24, 2.45) is 0 Å². The van der Waals surface area contributed by atoms with Crippen molar-refractivity contribution in [1.29, 1.82) is 0 Å². The smallest absolute Gasteiger partial charge is 0.315 e. The lowest BCUT2D eigenvalue weighted by Crippen LogP contribution is -2.37. The summed E-state index contributed by atoms with van der Waals surface area (Å²) in [5, 5.41) is 5.99. The SMILES string of the molecule is O=C(NCc1ccc(C(=O)N2CCCCC2)cc1)N[C@H]1CCc2ccccc21. The molecule has 0 spiro atoms. The zero-order valence-electron chi connectivity index (χ0n) is 16.1. The van der Waals surface area contributed by atoms with Crippen LogP contribution in [0.15, 0.2) is 48.5 Å². The van der Waals surface area contributed by atoms with Gasteiger partial charge in [0.1, 0.15) is 0 Å². The standard InChI is InChI=1S/C23H27N3O2/c27-22(26-14-4-1-5-15-26)19-10-8-17(9-11-19)16-24-23(28)25-21-13-12-18-6-2-3-7-20(18)21/h2-3,6-11,21H,1,4-5,12-16H2,(H2,24,25,28)/t21-/m0/s1. The number of fused-ring (bicyclic) bond motifs is 1. The van der Waals surface area contributed by atoms with Gasteiger partial charge in [0, 0.05) is 25.2 Å². The number of hydrogen-bond donors (Lipinski definition) is 2. The van der Waals surface area contributed by atoms with E-state index in [1.165, 1.54) is 17.5 Å². The van der Waals surface area contributed by atoms with Gasteiger partial charge in [0.15, 0.2) is 0 Å².